The van der Waals surface area contributed by atoms with Crippen molar-refractivity contribution < 1.29 is 4.74 Å². The highest BCUT2D eigenvalue weighted by atomic mass is 127. The average molecular weight is 450 g/mol. The second-order valence-electron chi connectivity index (χ2n) is 5.99. The van der Waals surface area contributed by atoms with Gasteiger partial charge in [0.15, 0.2) is 11.8 Å². The maximum atomic E-state index is 5.39. The van der Waals surface area contributed by atoms with Crippen molar-refractivity contribution in [2.24, 2.45) is 12.0 Å². The van der Waals surface area contributed by atoms with Crippen LogP contribution in [0.3, 0.4) is 0 Å². The van der Waals surface area contributed by atoms with Crippen LogP contribution in [-0.4, -0.2) is 46.5 Å². The molecular weight excluding hydrogens is 419 g/mol. The molecule has 0 bridgehead atoms. The Morgan fingerprint density at radius 1 is 1.29 bits per heavy atom. The topological polar surface area (TPSA) is 76.4 Å². The largest absolute Gasteiger partial charge is 0.380 e. The Bertz CT molecular complexity index is 499. The number of hydrogen-bond donors (Lipinski definition) is 2. The number of ether oxygens (including phenoxy) is 1. The molecule has 1 aliphatic carbocycles. The van der Waals surface area contributed by atoms with Crippen LogP contribution < -0.4 is 10.6 Å². The fourth-order valence-electron chi connectivity index (χ4n) is 2.72. The fourth-order valence-corrected chi connectivity index (χ4v) is 2.72. The van der Waals surface area contributed by atoms with Crippen LogP contribution in [0, 0.1) is 6.92 Å². The SMILES string of the molecule is CCOCCNC(=NCc1nnc(C)n1C)NC1CCCCC1.I. The number of nitrogens with zero attached hydrogens (tertiary/aromatic N) is 4. The van der Waals surface area contributed by atoms with Gasteiger partial charge in [-0.25, -0.2) is 4.99 Å². The van der Waals surface area contributed by atoms with Crippen LogP contribution >= 0.6 is 24.0 Å². The Morgan fingerprint density at radius 2 is 2.04 bits per heavy atom. The van der Waals surface area contributed by atoms with Crippen LogP contribution in [0.1, 0.15) is 50.7 Å². The molecule has 1 heterocycles. The molecule has 0 aliphatic heterocycles. The highest BCUT2D eigenvalue weighted by Gasteiger charge is 2.15. The zero-order valence-electron chi connectivity index (χ0n) is 15.0. The van der Waals surface area contributed by atoms with Crippen LogP contribution in [0.5, 0.6) is 0 Å². The molecule has 0 amide bonds. The lowest BCUT2D eigenvalue weighted by Gasteiger charge is -2.25. The molecule has 1 aromatic rings. The number of aromatic nitrogens is 3. The van der Waals surface area contributed by atoms with Crippen LogP contribution in [0.25, 0.3) is 0 Å². The first-order valence-corrected chi connectivity index (χ1v) is 8.68. The molecule has 2 N–H and O–H groups in total. The third-order valence-electron chi connectivity index (χ3n) is 4.25. The summed E-state index contributed by atoms with van der Waals surface area (Å²) in [6.45, 7) is 6.65. The predicted molar refractivity (Wildman–Crippen MR) is 107 cm³/mol. The smallest absolute Gasteiger partial charge is 0.192 e. The van der Waals surface area contributed by atoms with E-state index in [-0.39, 0.29) is 24.0 Å². The summed E-state index contributed by atoms with van der Waals surface area (Å²) >= 11 is 0. The van der Waals surface area contributed by atoms with E-state index < -0.39 is 0 Å². The van der Waals surface area contributed by atoms with Gasteiger partial charge in [0, 0.05) is 26.2 Å². The van der Waals surface area contributed by atoms with Gasteiger partial charge in [0.05, 0.1) is 6.61 Å². The minimum atomic E-state index is 0. The lowest BCUT2D eigenvalue weighted by molar-refractivity contribution is 0.152. The summed E-state index contributed by atoms with van der Waals surface area (Å²) in [7, 11) is 1.97. The number of halogens is 1. The van der Waals surface area contributed by atoms with Crippen LogP contribution in [0.2, 0.25) is 0 Å². The third-order valence-corrected chi connectivity index (χ3v) is 4.25. The highest BCUT2D eigenvalue weighted by molar-refractivity contribution is 14.0. The summed E-state index contributed by atoms with van der Waals surface area (Å²) in [6, 6.07) is 0.517. The summed E-state index contributed by atoms with van der Waals surface area (Å²) in [4.78, 5) is 4.68. The van der Waals surface area contributed by atoms with Gasteiger partial charge in [0.25, 0.3) is 0 Å². The number of guanidine groups is 1. The average Bonchev–Trinajstić information content (AvgIpc) is 2.89. The third kappa shape index (κ3) is 6.92. The molecule has 0 spiro atoms. The van der Waals surface area contributed by atoms with Gasteiger partial charge in [-0.05, 0) is 26.7 Å². The molecule has 0 aromatic carbocycles. The van der Waals surface area contributed by atoms with Gasteiger partial charge in [-0.1, -0.05) is 19.3 Å². The number of aliphatic imine (C=N–C) groups is 1. The van der Waals surface area contributed by atoms with Gasteiger partial charge in [0.2, 0.25) is 0 Å². The van der Waals surface area contributed by atoms with Gasteiger partial charge in [-0.15, -0.1) is 34.2 Å². The lowest BCUT2D eigenvalue weighted by Crippen LogP contribution is -2.45. The normalized spacial score (nSPS) is 15.9. The highest BCUT2D eigenvalue weighted by Crippen LogP contribution is 2.17. The minimum Gasteiger partial charge on any atom is -0.380 e. The van der Waals surface area contributed by atoms with E-state index in [0.29, 0.717) is 19.2 Å². The fraction of sp³-hybridized carbons (Fsp3) is 0.812. The maximum Gasteiger partial charge on any atom is 0.192 e. The molecule has 1 saturated carbocycles. The first kappa shape index (κ1) is 21.1. The first-order chi connectivity index (χ1) is 11.2. The molecule has 0 unspecified atom stereocenters. The molecule has 1 aliphatic rings. The summed E-state index contributed by atoms with van der Waals surface area (Å²) in [5, 5.41) is 15.2. The summed E-state index contributed by atoms with van der Waals surface area (Å²) < 4.78 is 7.36. The van der Waals surface area contributed by atoms with E-state index in [4.69, 9.17) is 4.74 Å². The van der Waals surface area contributed by atoms with Gasteiger partial charge in [-0.3, -0.25) is 0 Å². The summed E-state index contributed by atoms with van der Waals surface area (Å²) in [5.41, 5.74) is 0. The molecule has 8 heteroatoms. The second-order valence-corrected chi connectivity index (χ2v) is 5.99. The van der Waals surface area contributed by atoms with E-state index in [2.05, 4.69) is 25.8 Å². The predicted octanol–water partition coefficient (Wildman–Crippen LogP) is 2.15. The van der Waals surface area contributed by atoms with Crippen molar-refractivity contribution in [3.05, 3.63) is 11.6 Å². The van der Waals surface area contributed by atoms with Crippen LogP contribution in [0.15, 0.2) is 4.99 Å². The molecule has 7 nitrogen and oxygen atoms in total. The van der Waals surface area contributed by atoms with Crippen molar-refractivity contribution in [1.29, 1.82) is 0 Å². The molecular formula is C16H31IN6O. The van der Waals surface area contributed by atoms with E-state index in [9.17, 15) is 0 Å². The first-order valence-electron chi connectivity index (χ1n) is 8.68. The van der Waals surface area contributed by atoms with E-state index >= 15 is 0 Å². The van der Waals surface area contributed by atoms with E-state index in [1.54, 1.807) is 0 Å². The Kier molecular flexibility index (Phi) is 10.2. The van der Waals surface area contributed by atoms with E-state index in [1.807, 2.05) is 25.5 Å². The zero-order chi connectivity index (χ0) is 16.5. The molecule has 138 valence electrons. The molecule has 1 fully saturated rings. The van der Waals surface area contributed by atoms with Gasteiger partial charge in [0.1, 0.15) is 12.4 Å². The van der Waals surface area contributed by atoms with Gasteiger partial charge in [-0.2, -0.15) is 0 Å². The number of nitrogens with one attached hydrogen (secondary N) is 2. The zero-order valence-corrected chi connectivity index (χ0v) is 17.4. The van der Waals surface area contributed by atoms with E-state index in [0.717, 1.165) is 30.8 Å². The maximum absolute atomic E-state index is 5.39. The Hall–Kier alpha value is -0.900. The van der Waals surface area contributed by atoms with Crippen molar-refractivity contribution in [2.75, 3.05) is 19.8 Å². The number of rotatable bonds is 7. The standard InChI is InChI=1S/C16H30N6O.HI/c1-4-23-11-10-17-16(19-14-8-6-5-7-9-14)18-12-15-21-20-13(2)22(15)3;/h14H,4-12H2,1-3H3,(H2,17,18,19);1H. The molecule has 0 atom stereocenters. The summed E-state index contributed by atoms with van der Waals surface area (Å²) in [6.07, 6.45) is 6.38. The van der Waals surface area contributed by atoms with Crippen LogP contribution in [-0.2, 0) is 18.3 Å². The Morgan fingerprint density at radius 3 is 2.67 bits per heavy atom. The minimum absolute atomic E-state index is 0. The molecule has 1 aromatic heterocycles. The number of aryl methyl sites for hydroxylation is 1. The Labute approximate surface area is 162 Å². The molecule has 0 radical (unpaired) electrons. The second kappa shape index (κ2) is 11.6. The van der Waals surface area contributed by atoms with Crippen LogP contribution in [0.4, 0.5) is 0 Å². The summed E-state index contributed by atoms with van der Waals surface area (Å²) in [5.74, 6) is 2.62. The van der Waals surface area contributed by atoms with Gasteiger partial charge < -0.3 is 19.9 Å². The molecule has 0 saturated heterocycles. The Balaban J connectivity index is 0.00000288. The van der Waals surface area contributed by atoms with Crippen molar-refractivity contribution in [2.45, 2.75) is 58.5 Å². The van der Waals surface area contributed by atoms with Crippen molar-refractivity contribution >= 4 is 29.9 Å². The monoisotopic (exact) mass is 450 g/mol. The molecule has 2 rings (SSSR count). The van der Waals surface area contributed by atoms with Crippen molar-refractivity contribution in [1.82, 2.24) is 25.4 Å². The van der Waals surface area contributed by atoms with Crippen molar-refractivity contribution in [3.63, 3.8) is 0 Å². The van der Waals surface area contributed by atoms with Gasteiger partial charge >= 0.3 is 0 Å². The lowest BCUT2D eigenvalue weighted by atomic mass is 9.96. The van der Waals surface area contributed by atoms with Crippen molar-refractivity contribution in [3.8, 4) is 0 Å². The quantitative estimate of drug-likeness (QED) is 0.288. The number of hydrogen-bond acceptors (Lipinski definition) is 4. The molecule has 24 heavy (non-hydrogen) atoms. The van der Waals surface area contributed by atoms with E-state index in [1.165, 1.54) is 32.1 Å².